The molecule has 7 nitrogen and oxygen atoms in total. The smallest absolute Gasteiger partial charge is 0.231 e. The highest BCUT2D eigenvalue weighted by molar-refractivity contribution is 7.99. The molecule has 1 N–H and O–H groups in total. The molecule has 3 rings (SSSR count). The number of nitriles is 1. The van der Waals surface area contributed by atoms with Crippen LogP contribution in [0.3, 0.4) is 0 Å². The number of aromatic nitrogens is 4. The lowest BCUT2D eigenvalue weighted by atomic mass is 10.0. The Morgan fingerprint density at radius 3 is 2.77 bits per heavy atom. The molecule has 1 amide bonds. The van der Waals surface area contributed by atoms with Gasteiger partial charge in [0.2, 0.25) is 5.91 Å². The van der Waals surface area contributed by atoms with Crippen LogP contribution in [-0.2, 0) is 11.3 Å². The molecule has 0 spiro atoms. The highest BCUT2D eigenvalue weighted by Gasteiger charge is 2.35. The van der Waals surface area contributed by atoms with E-state index >= 15 is 0 Å². The maximum absolute atomic E-state index is 12.3. The van der Waals surface area contributed by atoms with Gasteiger partial charge in [0, 0.05) is 24.5 Å². The first-order chi connectivity index (χ1) is 12.7. The summed E-state index contributed by atoms with van der Waals surface area (Å²) in [5.74, 6) is 0.742. The molecular weight excluding hydrogens is 348 g/mol. The molecule has 1 fully saturated rings. The third-order valence-electron chi connectivity index (χ3n) is 4.35. The molecular formula is C18H20N6OS. The van der Waals surface area contributed by atoms with E-state index < -0.39 is 5.54 Å². The number of nitrogens with one attached hydrogen (secondary N) is 1. The van der Waals surface area contributed by atoms with Crippen molar-refractivity contribution in [3.63, 3.8) is 0 Å². The summed E-state index contributed by atoms with van der Waals surface area (Å²) in [6, 6.07) is 6.00. The first kappa shape index (κ1) is 18.1. The van der Waals surface area contributed by atoms with Gasteiger partial charge >= 0.3 is 0 Å². The summed E-state index contributed by atoms with van der Waals surface area (Å²) in [4.78, 5) is 16.3. The summed E-state index contributed by atoms with van der Waals surface area (Å²) >= 11 is 1.31. The van der Waals surface area contributed by atoms with E-state index in [1.165, 1.54) is 11.8 Å². The van der Waals surface area contributed by atoms with E-state index in [2.05, 4.69) is 33.1 Å². The number of carbonyl (C=O) groups excluding carboxylic acids is 1. The average molecular weight is 368 g/mol. The number of carbonyl (C=O) groups is 1. The Kier molecular flexibility index (Phi) is 5.68. The van der Waals surface area contributed by atoms with Crippen LogP contribution in [0.25, 0.3) is 11.4 Å². The molecule has 0 radical (unpaired) electrons. The summed E-state index contributed by atoms with van der Waals surface area (Å²) in [5.41, 5.74) is 0.203. The zero-order valence-electron chi connectivity index (χ0n) is 14.4. The average Bonchev–Trinajstić information content (AvgIpc) is 3.29. The SMILES string of the molecule is C=CCn1c(SCC(=O)NC2(C#N)CCCC2)nnc1-c1ccncc1. The molecule has 26 heavy (non-hydrogen) atoms. The van der Waals surface area contributed by atoms with Crippen LogP contribution in [0, 0.1) is 11.3 Å². The Balaban J connectivity index is 1.70. The minimum atomic E-state index is -0.700. The summed E-state index contributed by atoms with van der Waals surface area (Å²) in [5, 5.41) is 21.4. The van der Waals surface area contributed by atoms with Gasteiger partial charge in [-0.3, -0.25) is 14.3 Å². The first-order valence-corrected chi connectivity index (χ1v) is 9.45. The van der Waals surface area contributed by atoms with Crippen LogP contribution in [0.1, 0.15) is 25.7 Å². The van der Waals surface area contributed by atoms with Gasteiger partial charge in [0.1, 0.15) is 5.54 Å². The third-order valence-corrected chi connectivity index (χ3v) is 5.32. The van der Waals surface area contributed by atoms with Crippen molar-refractivity contribution >= 4 is 17.7 Å². The molecule has 0 aromatic carbocycles. The molecule has 2 heterocycles. The van der Waals surface area contributed by atoms with E-state index in [1.54, 1.807) is 18.5 Å². The topological polar surface area (TPSA) is 96.5 Å². The van der Waals surface area contributed by atoms with Gasteiger partial charge < -0.3 is 5.32 Å². The number of hydrogen-bond donors (Lipinski definition) is 1. The standard InChI is InChI=1S/C18H20N6OS/c1-2-11-24-16(14-5-9-20-10-6-14)22-23-17(24)26-12-15(25)21-18(13-19)7-3-4-8-18/h2,5-6,9-10H,1,3-4,7-8,11-12H2,(H,21,25). The largest absolute Gasteiger partial charge is 0.337 e. The molecule has 1 saturated carbocycles. The minimum Gasteiger partial charge on any atom is -0.337 e. The Labute approximate surface area is 156 Å². The van der Waals surface area contributed by atoms with Crippen LogP contribution in [0.15, 0.2) is 42.3 Å². The van der Waals surface area contributed by atoms with Crippen molar-refractivity contribution in [2.24, 2.45) is 0 Å². The van der Waals surface area contributed by atoms with Gasteiger partial charge in [0.15, 0.2) is 11.0 Å². The number of rotatable bonds is 7. The van der Waals surface area contributed by atoms with Crippen molar-refractivity contribution < 1.29 is 4.79 Å². The number of hydrogen-bond acceptors (Lipinski definition) is 6. The van der Waals surface area contributed by atoms with Crippen molar-refractivity contribution in [3.05, 3.63) is 37.2 Å². The zero-order valence-corrected chi connectivity index (χ0v) is 15.2. The van der Waals surface area contributed by atoms with Gasteiger partial charge in [-0.05, 0) is 37.8 Å². The molecule has 1 aliphatic carbocycles. The quantitative estimate of drug-likeness (QED) is 0.596. The highest BCUT2D eigenvalue weighted by atomic mass is 32.2. The van der Waals surface area contributed by atoms with Crippen molar-refractivity contribution in [2.45, 2.75) is 42.9 Å². The second-order valence-corrected chi connectivity index (χ2v) is 7.12. The fraction of sp³-hybridized carbons (Fsp3) is 0.389. The minimum absolute atomic E-state index is 0.155. The van der Waals surface area contributed by atoms with E-state index in [0.29, 0.717) is 17.5 Å². The molecule has 0 aliphatic heterocycles. The molecule has 0 saturated heterocycles. The molecule has 0 atom stereocenters. The summed E-state index contributed by atoms with van der Waals surface area (Å²) in [6.07, 6.45) is 8.56. The molecule has 2 aromatic heterocycles. The molecule has 2 aromatic rings. The van der Waals surface area contributed by atoms with E-state index in [0.717, 1.165) is 31.2 Å². The predicted octanol–water partition coefficient (Wildman–Crippen LogP) is 2.57. The summed E-state index contributed by atoms with van der Waals surface area (Å²) in [6.45, 7) is 4.32. The molecule has 1 aliphatic rings. The van der Waals surface area contributed by atoms with Crippen molar-refractivity contribution in [3.8, 4) is 17.5 Å². The number of amides is 1. The number of nitrogens with zero attached hydrogens (tertiary/aromatic N) is 5. The maximum atomic E-state index is 12.3. The van der Waals surface area contributed by atoms with Crippen LogP contribution in [0.5, 0.6) is 0 Å². The molecule has 0 unspecified atom stereocenters. The van der Waals surface area contributed by atoms with Crippen LogP contribution in [0.4, 0.5) is 0 Å². The van der Waals surface area contributed by atoms with Gasteiger partial charge in [0.25, 0.3) is 0 Å². The fourth-order valence-corrected chi connectivity index (χ4v) is 3.83. The predicted molar refractivity (Wildman–Crippen MR) is 99.1 cm³/mol. The van der Waals surface area contributed by atoms with Crippen LogP contribution < -0.4 is 5.32 Å². The maximum Gasteiger partial charge on any atom is 0.231 e. The highest BCUT2D eigenvalue weighted by Crippen LogP contribution is 2.29. The Morgan fingerprint density at radius 2 is 2.12 bits per heavy atom. The van der Waals surface area contributed by atoms with E-state index in [9.17, 15) is 10.1 Å². The van der Waals surface area contributed by atoms with Crippen molar-refractivity contribution in [1.82, 2.24) is 25.1 Å². The Morgan fingerprint density at radius 1 is 1.38 bits per heavy atom. The van der Waals surface area contributed by atoms with Crippen molar-refractivity contribution in [2.75, 3.05) is 5.75 Å². The lowest BCUT2D eigenvalue weighted by Gasteiger charge is -2.21. The second kappa shape index (κ2) is 8.15. The van der Waals surface area contributed by atoms with Crippen molar-refractivity contribution in [1.29, 1.82) is 5.26 Å². The van der Waals surface area contributed by atoms with E-state index in [1.807, 2.05) is 16.7 Å². The van der Waals surface area contributed by atoms with Gasteiger partial charge in [-0.2, -0.15) is 5.26 Å². The van der Waals surface area contributed by atoms with E-state index in [-0.39, 0.29) is 11.7 Å². The summed E-state index contributed by atoms with van der Waals surface area (Å²) < 4.78 is 1.91. The fourth-order valence-electron chi connectivity index (χ4n) is 3.08. The third kappa shape index (κ3) is 3.94. The lowest BCUT2D eigenvalue weighted by Crippen LogP contribution is -2.45. The number of allylic oxidation sites excluding steroid dienone is 1. The molecule has 134 valence electrons. The zero-order chi connectivity index (χ0) is 18.4. The molecule has 8 heteroatoms. The second-order valence-electron chi connectivity index (χ2n) is 6.18. The Bertz CT molecular complexity index is 820. The number of thioether (sulfide) groups is 1. The van der Waals surface area contributed by atoms with E-state index in [4.69, 9.17) is 0 Å². The lowest BCUT2D eigenvalue weighted by molar-refractivity contribution is -0.119. The monoisotopic (exact) mass is 368 g/mol. The van der Waals surface area contributed by atoms with Crippen LogP contribution >= 0.6 is 11.8 Å². The normalized spacial score (nSPS) is 15.3. The first-order valence-electron chi connectivity index (χ1n) is 8.47. The van der Waals surface area contributed by atoms with Gasteiger partial charge in [-0.25, -0.2) is 0 Å². The van der Waals surface area contributed by atoms with Crippen LogP contribution in [-0.4, -0.2) is 36.9 Å². The summed E-state index contributed by atoms with van der Waals surface area (Å²) in [7, 11) is 0. The van der Waals surface area contributed by atoms with Crippen LogP contribution in [0.2, 0.25) is 0 Å². The number of pyridine rings is 1. The molecule has 0 bridgehead atoms. The van der Waals surface area contributed by atoms with Gasteiger partial charge in [-0.1, -0.05) is 17.8 Å². The van der Waals surface area contributed by atoms with Gasteiger partial charge in [-0.15, -0.1) is 16.8 Å². The van der Waals surface area contributed by atoms with Gasteiger partial charge in [0.05, 0.1) is 11.8 Å². The Hall–Kier alpha value is -2.66.